The number of halogens is 1. The summed E-state index contributed by atoms with van der Waals surface area (Å²) in [6.45, 7) is 5.79. The van der Waals surface area contributed by atoms with Gasteiger partial charge >= 0.3 is 24.1 Å². The number of primary amides is 1. The van der Waals surface area contributed by atoms with Gasteiger partial charge in [-0.25, -0.2) is 23.8 Å². The number of carbonyl (C=O) groups is 14. The number of aromatic nitrogens is 2. The first-order chi connectivity index (χ1) is 55.8. The van der Waals surface area contributed by atoms with Gasteiger partial charge in [0, 0.05) is 98.2 Å². The molecule has 4 aromatic rings. The van der Waals surface area contributed by atoms with Crippen molar-refractivity contribution < 1.29 is 124 Å². The number of cyclic esters (lactones) is 2. The maximum atomic E-state index is 15.5. The van der Waals surface area contributed by atoms with E-state index in [9.17, 15) is 86.5 Å². The van der Waals surface area contributed by atoms with Crippen molar-refractivity contribution in [2.75, 3.05) is 104 Å². The molecule has 0 radical (unpaired) electrons. The zero-order chi connectivity index (χ0) is 84.8. The molecule has 6 heterocycles. The minimum atomic E-state index is -3.48. The standard InChI is InChI=1S/C76H97FN13O26P/c1-6-76(49-33-55-67-47(37-89(55)72(103)48(49)40-114-73(76)104)65-51(84-60(95)38-91)14-13-46-42(4)50(77)34-53(86-67)64(46)65)116-75(106)115-39-43-9-11-44(12-10-43)83-68(99)52(8-7-20-80-74(78)105)87-71(102)66(41(2)3)88-69(100)54(35-59(94)82-45-17-23-113-63(98)32-45)85-58(93)18-22-109-25-27-111-29-30-112-28-26-110-24-21-79-70(101)56(90-61(96)15-16-62(90)97)36-81-57(92)19-31-117(5,107)108/h9-12,15-16,33-34,41,45,51-52,54,56,66,91H,6-8,13-14,17-32,35-40H2,1-5H3,(H,79,101)(H,81,92)(H,82,94)(H,83,99)(H,84,95)(H,85,93)(H,87,102)(H,88,100)(H,107,108)(H3,78,80,105)/t45-,51-,52-,54-,56-,66-,76-/m0/s1. The first kappa shape index (κ1) is 89.8. The second-order valence-electron chi connectivity index (χ2n) is 28.7. The molecule has 12 amide bonds. The van der Waals surface area contributed by atoms with Gasteiger partial charge in [0.25, 0.3) is 17.4 Å². The van der Waals surface area contributed by atoms with Gasteiger partial charge < -0.3 is 106 Å². The minimum absolute atomic E-state index is 0.0110. The summed E-state index contributed by atoms with van der Waals surface area (Å²) < 4.78 is 72.5. The number of fused-ring (bicyclic) bond motifs is 5. The Labute approximate surface area is 669 Å². The third-order valence-corrected chi connectivity index (χ3v) is 21.0. The van der Waals surface area contributed by atoms with Crippen molar-refractivity contribution in [2.45, 2.75) is 154 Å². The molecular formula is C76H97FN13O26P. The molecule has 0 bridgehead atoms. The van der Waals surface area contributed by atoms with Crippen molar-refractivity contribution in [3.63, 3.8) is 0 Å². The summed E-state index contributed by atoms with van der Waals surface area (Å²) >= 11 is 0. The number of nitrogens with two attached hydrogens (primary N) is 1. The van der Waals surface area contributed by atoms with E-state index in [-0.39, 0.29) is 164 Å². The Morgan fingerprint density at radius 3 is 2.09 bits per heavy atom. The Hall–Kier alpha value is -11.2. The van der Waals surface area contributed by atoms with E-state index in [0.717, 1.165) is 18.8 Å². The molecular weight excluding hydrogens is 1560 g/mol. The van der Waals surface area contributed by atoms with Crippen LogP contribution in [0.1, 0.15) is 124 Å². The van der Waals surface area contributed by atoms with Crippen molar-refractivity contribution in [1.82, 2.24) is 57.0 Å². The fraction of sp³-hybridized carbons (Fsp3) is 0.526. The molecule has 2 aromatic carbocycles. The molecule has 9 rings (SSSR count). The van der Waals surface area contributed by atoms with Gasteiger partial charge in [0.05, 0.1) is 107 Å². The Morgan fingerprint density at radius 2 is 1.44 bits per heavy atom. The molecule has 0 spiro atoms. The van der Waals surface area contributed by atoms with Gasteiger partial charge in [-0.1, -0.05) is 32.9 Å². The highest BCUT2D eigenvalue weighted by atomic mass is 31.2. The monoisotopic (exact) mass is 1660 g/mol. The van der Waals surface area contributed by atoms with Crippen molar-refractivity contribution in [3.05, 3.63) is 104 Å². The number of hydrogen-bond acceptors (Lipinski definition) is 26. The van der Waals surface area contributed by atoms with Crippen LogP contribution in [0.4, 0.5) is 19.7 Å². The van der Waals surface area contributed by atoms with Crippen molar-refractivity contribution in [3.8, 4) is 11.4 Å². The van der Waals surface area contributed by atoms with Crippen molar-refractivity contribution in [1.29, 1.82) is 0 Å². The summed E-state index contributed by atoms with van der Waals surface area (Å²) in [7, 11) is -3.48. The highest BCUT2D eigenvalue weighted by molar-refractivity contribution is 7.57. The number of nitrogens with zero attached hydrogens (tertiary/aromatic N) is 3. The SMILES string of the molecule is CC[C@@]1(OC(=O)OCc2ccc(NC(=O)[C@H](CCCNC(N)=O)NC(=O)[C@@H](NC(=O)[C@H](CC(=O)N[C@H]3CCOC(=O)C3)NC(=O)CCOCCOCCOCCOCCNC(=O)[C@H](CNC(=O)CCP(C)(=O)O)N3C(=O)C=CC3=O)C(C)C)cc2)C(=O)OCc2c1cc1n(c2=O)Cc2c-1nc1cc(F)c(C)c3c1c2[C@@H](NC(=O)CO)CC3. The van der Waals surface area contributed by atoms with Crippen LogP contribution in [0.5, 0.6) is 0 Å². The molecule has 1 unspecified atom stereocenters. The van der Waals surface area contributed by atoms with E-state index in [4.69, 9.17) is 48.6 Å². The van der Waals surface area contributed by atoms with E-state index in [1.807, 2.05) is 0 Å². The highest BCUT2D eigenvalue weighted by Gasteiger charge is 2.52. The third-order valence-electron chi connectivity index (χ3n) is 19.9. The van der Waals surface area contributed by atoms with Gasteiger partial charge in [0.1, 0.15) is 49.8 Å². The number of rotatable bonds is 43. The van der Waals surface area contributed by atoms with Gasteiger partial charge in [-0.05, 0) is 85.4 Å². The fourth-order valence-electron chi connectivity index (χ4n) is 13.8. The van der Waals surface area contributed by atoms with Crippen LogP contribution >= 0.6 is 7.37 Å². The average Bonchev–Trinajstić information content (AvgIpc) is 1.58. The summed E-state index contributed by atoms with van der Waals surface area (Å²) in [5.74, 6) is -10.3. The number of aliphatic hydroxyl groups excluding tert-OH is 1. The lowest BCUT2D eigenvalue weighted by Crippen LogP contribution is -2.58. The lowest BCUT2D eigenvalue weighted by molar-refractivity contribution is -0.175. The molecule has 634 valence electrons. The predicted octanol–water partition coefficient (Wildman–Crippen LogP) is -0.0339. The van der Waals surface area contributed by atoms with E-state index in [2.05, 4.69) is 47.9 Å². The number of ether oxygens (including phenoxy) is 8. The number of hydrogen-bond donors (Lipinski definition) is 12. The summed E-state index contributed by atoms with van der Waals surface area (Å²) in [6, 6.07) is 0.802. The quantitative estimate of drug-likeness (QED) is 0.00801. The number of pyridine rings is 2. The zero-order valence-corrected chi connectivity index (χ0v) is 66.1. The number of benzene rings is 2. The van der Waals surface area contributed by atoms with Crippen LogP contribution in [0, 0.1) is 18.7 Å². The topological polar surface area (TPSA) is 543 Å². The number of aliphatic hydroxyl groups is 1. The highest BCUT2D eigenvalue weighted by Crippen LogP contribution is 2.47. The molecule has 39 nitrogen and oxygen atoms in total. The van der Waals surface area contributed by atoms with Crippen LogP contribution in [0.25, 0.3) is 22.3 Å². The Bertz CT molecular complexity index is 4570. The van der Waals surface area contributed by atoms with Gasteiger partial charge in [0.2, 0.25) is 52.9 Å². The van der Waals surface area contributed by atoms with Crippen LogP contribution in [0.2, 0.25) is 0 Å². The largest absolute Gasteiger partial charge is 0.510 e. The number of anilines is 1. The molecule has 0 saturated carbocycles. The molecule has 4 aliphatic heterocycles. The van der Waals surface area contributed by atoms with Crippen LogP contribution in [0.15, 0.2) is 53.3 Å². The number of carbonyl (C=O) groups excluding carboxylic acids is 14. The molecule has 5 aliphatic rings. The van der Waals surface area contributed by atoms with Gasteiger partial charge in [-0.2, -0.15) is 0 Å². The van der Waals surface area contributed by atoms with Gasteiger partial charge in [-0.15, -0.1) is 0 Å². The molecule has 13 N–H and O–H groups in total. The average molecular weight is 1660 g/mol. The smallest absolute Gasteiger partial charge is 0.466 e. The summed E-state index contributed by atoms with van der Waals surface area (Å²) in [5, 5.41) is 33.7. The Kier molecular flexibility index (Phi) is 31.9. The minimum Gasteiger partial charge on any atom is -0.466 e. The summed E-state index contributed by atoms with van der Waals surface area (Å²) in [4.78, 5) is 213. The van der Waals surface area contributed by atoms with E-state index in [1.54, 1.807) is 20.8 Å². The first-order valence-corrected chi connectivity index (χ1v) is 40.4. The normalized spacial score (nSPS) is 17.9. The van der Waals surface area contributed by atoms with Crippen LogP contribution in [-0.4, -0.2) is 236 Å². The number of imide groups is 1. The van der Waals surface area contributed by atoms with Crippen LogP contribution < -0.4 is 59.1 Å². The fourth-order valence-corrected chi connectivity index (χ4v) is 14.4. The van der Waals surface area contributed by atoms with Gasteiger partial charge in [-0.3, -0.25) is 67.0 Å². The second-order valence-corrected chi connectivity index (χ2v) is 31.2. The van der Waals surface area contributed by atoms with E-state index in [0.29, 0.717) is 50.9 Å². The number of amides is 12. The van der Waals surface area contributed by atoms with Crippen LogP contribution in [0.3, 0.4) is 0 Å². The molecule has 1 saturated heterocycles. The summed E-state index contributed by atoms with van der Waals surface area (Å²) in [6.07, 6.45) is -0.253. The summed E-state index contributed by atoms with van der Waals surface area (Å²) in [5.41, 5.74) is 6.09. The van der Waals surface area contributed by atoms with Crippen LogP contribution in [-0.2, 0) is 132 Å². The predicted molar refractivity (Wildman–Crippen MR) is 408 cm³/mol. The Morgan fingerprint density at radius 1 is 0.752 bits per heavy atom. The molecule has 1 aliphatic carbocycles. The Balaban J connectivity index is 0.745. The van der Waals surface area contributed by atoms with E-state index >= 15 is 4.39 Å². The van der Waals surface area contributed by atoms with Crippen molar-refractivity contribution >= 4 is 107 Å². The number of nitrogens with one attached hydrogen (secondary N) is 9. The van der Waals surface area contributed by atoms with E-state index < -0.39 is 182 Å². The maximum absolute atomic E-state index is 15.5. The molecule has 8 atom stereocenters. The molecule has 2 aromatic heterocycles. The molecule has 1 fully saturated rings. The zero-order valence-electron chi connectivity index (χ0n) is 65.2. The first-order valence-electron chi connectivity index (χ1n) is 38.1. The lowest BCUT2D eigenvalue weighted by atomic mass is 9.81. The molecule has 41 heteroatoms. The number of aryl methyl sites for hydroxylation is 1. The van der Waals surface area contributed by atoms with Crippen molar-refractivity contribution in [2.24, 2.45) is 11.7 Å². The molecule has 117 heavy (non-hydrogen) atoms. The number of urea groups is 1. The third kappa shape index (κ3) is 24.0. The lowest BCUT2D eigenvalue weighted by Gasteiger charge is -2.35. The van der Waals surface area contributed by atoms with Gasteiger partial charge in [0.15, 0.2) is 7.37 Å². The second kappa shape index (κ2) is 41.6. The van der Waals surface area contributed by atoms with E-state index in [1.165, 1.54) is 47.9 Å². The number of esters is 2. The maximum Gasteiger partial charge on any atom is 0.510 e.